The van der Waals surface area contributed by atoms with Gasteiger partial charge in [-0.15, -0.1) is 0 Å². The van der Waals surface area contributed by atoms with Crippen LogP contribution in [0.3, 0.4) is 0 Å². The molecule has 0 spiro atoms. The summed E-state index contributed by atoms with van der Waals surface area (Å²) in [5.74, 6) is 1.05. The molecular formula is C24H31NO4S. The molecule has 1 heterocycles. The number of hydrogen-bond acceptors (Lipinski definition) is 4. The summed E-state index contributed by atoms with van der Waals surface area (Å²) in [6.07, 6.45) is 0.474. The Morgan fingerprint density at radius 3 is 2.27 bits per heavy atom. The van der Waals surface area contributed by atoms with Crippen LogP contribution in [0.15, 0.2) is 42.5 Å². The molecule has 6 heteroatoms. The van der Waals surface area contributed by atoms with Crippen LogP contribution in [-0.2, 0) is 21.2 Å². The lowest BCUT2D eigenvalue weighted by molar-refractivity contribution is -0.136. The van der Waals surface area contributed by atoms with Crippen molar-refractivity contribution in [2.75, 3.05) is 18.1 Å². The van der Waals surface area contributed by atoms with Crippen LogP contribution >= 0.6 is 0 Å². The first kappa shape index (κ1) is 22.3. The number of amides is 1. The van der Waals surface area contributed by atoms with Crippen molar-refractivity contribution in [2.24, 2.45) is 0 Å². The Morgan fingerprint density at radius 2 is 1.73 bits per heavy atom. The molecule has 1 saturated heterocycles. The van der Waals surface area contributed by atoms with Crippen LogP contribution < -0.4 is 4.74 Å². The van der Waals surface area contributed by atoms with Gasteiger partial charge < -0.3 is 9.64 Å². The number of rotatable bonds is 7. The number of nitrogens with zero attached hydrogens (tertiary/aromatic N) is 1. The van der Waals surface area contributed by atoms with Crippen molar-refractivity contribution >= 4 is 15.7 Å². The molecule has 162 valence electrons. The van der Waals surface area contributed by atoms with E-state index < -0.39 is 9.84 Å². The fourth-order valence-electron chi connectivity index (χ4n) is 3.89. The van der Waals surface area contributed by atoms with E-state index in [0.29, 0.717) is 24.6 Å². The predicted octanol–water partition coefficient (Wildman–Crippen LogP) is 4.02. The number of benzene rings is 2. The zero-order chi connectivity index (χ0) is 21.9. The van der Waals surface area contributed by atoms with Gasteiger partial charge in [-0.25, -0.2) is 8.42 Å². The van der Waals surface area contributed by atoms with Crippen molar-refractivity contribution in [3.8, 4) is 5.75 Å². The number of carbonyl (C=O) groups is 1. The van der Waals surface area contributed by atoms with E-state index in [1.165, 1.54) is 5.56 Å². The van der Waals surface area contributed by atoms with Gasteiger partial charge in [0.05, 0.1) is 11.5 Å². The highest BCUT2D eigenvalue weighted by molar-refractivity contribution is 7.91. The van der Waals surface area contributed by atoms with Crippen LogP contribution in [0.4, 0.5) is 0 Å². The maximum Gasteiger partial charge on any atom is 0.261 e. The van der Waals surface area contributed by atoms with E-state index in [0.717, 1.165) is 16.7 Å². The summed E-state index contributed by atoms with van der Waals surface area (Å²) in [6, 6.07) is 13.7. The minimum Gasteiger partial charge on any atom is -0.484 e. The summed E-state index contributed by atoms with van der Waals surface area (Å²) in [6.45, 7) is 8.52. The molecule has 1 aliphatic rings. The summed E-state index contributed by atoms with van der Waals surface area (Å²) >= 11 is 0. The highest BCUT2D eigenvalue weighted by Gasteiger charge is 2.34. The van der Waals surface area contributed by atoms with Crippen molar-refractivity contribution in [3.05, 3.63) is 64.7 Å². The average molecular weight is 430 g/mol. The van der Waals surface area contributed by atoms with Gasteiger partial charge in [0.15, 0.2) is 16.4 Å². The molecule has 0 aromatic heterocycles. The second-order valence-electron chi connectivity index (χ2n) is 8.59. The van der Waals surface area contributed by atoms with E-state index >= 15 is 0 Å². The molecule has 0 radical (unpaired) electrons. The molecule has 1 aliphatic heterocycles. The molecule has 1 atom stereocenters. The van der Waals surface area contributed by atoms with Crippen molar-refractivity contribution in [1.82, 2.24) is 4.90 Å². The standard InChI is InChI=1S/C24H31NO4S/c1-17(2)21-7-5-20(6-8-21)14-25(22-9-10-30(27,28)16-22)24(26)15-29-23-12-18(3)11-19(4)13-23/h5-8,11-13,17,22H,9-10,14-16H2,1-4H3/t22-/m1/s1. The Balaban J connectivity index is 1.75. The van der Waals surface area contributed by atoms with Gasteiger partial charge in [0.2, 0.25) is 0 Å². The molecule has 1 amide bonds. The molecule has 0 aliphatic carbocycles. The minimum atomic E-state index is -3.10. The van der Waals surface area contributed by atoms with Gasteiger partial charge in [-0.1, -0.05) is 44.2 Å². The van der Waals surface area contributed by atoms with E-state index in [1.54, 1.807) is 4.90 Å². The first-order chi connectivity index (χ1) is 14.1. The fraction of sp³-hybridized carbons (Fsp3) is 0.458. The van der Waals surface area contributed by atoms with Crippen LogP contribution in [0, 0.1) is 13.8 Å². The third-order valence-corrected chi connectivity index (χ3v) is 7.28. The summed E-state index contributed by atoms with van der Waals surface area (Å²) in [5.41, 5.74) is 4.37. The number of hydrogen-bond donors (Lipinski definition) is 0. The van der Waals surface area contributed by atoms with Gasteiger partial charge in [0, 0.05) is 12.6 Å². The Bertz CT molecular complexity index is 976. The van der Waals surface area contributed by atoms with E-state index in [1.807, 2.05) is 44.2 Å². The van der Waals surface area contributed by atoms with Crippen molar-refractivity contribution in [1.29, 1.82) is 0 Å². The Labute approximate surface area is 180 Å². The number of aryl methyl sites for hydroxylation is 2. The minimum absolute atomic E-state index is 0.0202. The molecule has 5 nitrogen and oxygen atoms in total. The molecule has 0 unspecified atom stereocenters. The molecule has 3 rings (SSSR count). The van der Waals surface area contributed by atoms with Crippen LogP contribution in [0.1, 0.15) is 48.4 Å². The third-order valence-electron chi connectivity index (χ3n) is 5.53. The second-order valence-corrected chi connectivity index (χ2v) is 10.8. The lowest BCUT2D eigenvalue weighted by atomic mass is 10.0. The van der Waals surface area contributed by atoms with Crippen LogP contribution in [0.2, 0.25) is 0 Å². The Kier molecular flexibility index (Phi) is 6.86. The van der Waals surface area contributed by atoms with Crippen molar-refractivity contribution in [2.45, 2.75) is 52.6 Å². The SMILES string of the molecule is Cc1cc(C)cc(OCC(=O)N(Cc2ccc(C(C)C)cc2)[C@@H]2CCS(=O)(=O)C2)c1. The first-order valence-electron chi connectivity index (χ1n) is 10.4. The molecule has 2 aromatic carbocycles. The quantitative estimate of drug-likeness (QED) is 0.667. The predicted molar refractivity (Wildman–Crippen MR) is 120 cm³/mol. The molecular weight excluding hydrogens is 398 g/mol. The lowest BCUT2D eigenvalue weighted by Crippen LogP contribution is -2.43. The van der Waals surface area contributed by atoms with Gasteiger partial charge >= 0.3 is 0 Å². The van der Waals surface area contributed by atoms with Gasteiger partial charge in [0.25, 0.3) is 5.91 Å². The number of ether oxygens (including phenoxy) is 1. The molecule has 0 bridgehead atoms. The smallest absolute Gasteiger partial charge is 0.261 e. The topological polar surface area (TPSA) is 63.7 Å². The van der Waals surface area contributed by atoms with Crippen LogP contribution in [0.25, 0.3) is 0 Å². The summed E-state index contributed by atoms with van der Waals surface area (Å²) in [7, 11) is -3.10. The largest absolute Gasteiger partial charge is 0.484 e. The van der Waals surface area contributed by atoms with Crippen LogP contribution in [-0.4, -0.2) is 43.4 Å². The zero-order valence-corrected chi connectivity index (χ0v) is 19.0. The van der Waals surface area contributed by atoms with Gasteiger partial charge in [-0.3, -0.25) is 4.79 Å². The third kappa shape index (κ3) is 5.85. The molecule has 0 saturated carbocycles. The normalized spacial score (nSPS) is 17.8. The van der Waals surface area contributed by atoms with Crippen molar-refractivity contribution in [3.63, 3.8) is 0 Å². The van der Waals surface area contributed by atoms with Gasteiger partial charge in [-0.05, 0) is 60.6 Å². The maximum atomic E-state index is 13.1. The Morgan fingerprint density at radius 1 is 1.10 bits per heavy atom. The number of carbonyl (C=O) groups excluding carboxylic acids is 1. The van der Waals surface area contributed by atoms with Crippen molar-refractivity contribution < 1.29 is 17.9 Å². The van der Waals surface area contributed by atoms with E-state index in [9.17, 15) is 13.2 Å². The van der Waals surface area contributed by atoms with Gasteiger partial charge in [0.1, 0.15) is 5.75 Å². The van der Waals surface area contributed by atoms with Crippen LogP contribution in [0.5, 0.6) is 5.75 Å². The summed E-state index contributed by atoms with van der Waals surface area (Å²) < 4.78 is 29.8. The van der Waals surface area contributed by atoms with Gasteiger partial charge in [-0.2, -0.15) is 0 Å². The number of sulfone groups is 1. The Hall–Kier alpha value is -2.34. The molecule has 1 fully saturated rings. The van der Waals surface area contributed by atoms with E-state index in [4.69, 9.17) is 4.74 Å². The molecule has 2 aromatic rings. The second kappa shape index (κ2) is 9.21. The average Bonchev–Trinajstić information content (AvgIpc) is 3.03. The monoisotopic (exact) mass is 429 g/mol. The molecule has 0 N–H and O–H groups in total. The van der Waals surface area contributed by atoms with E-state index in [-0.39, 0.29) is 30.1 Å². The summed E-state index contributed by atoms with van der Waals surface area (Å²) in [4.78, 5) is 14.7. The first-order valence-corrected chi connectivity index (χ1v) is 12.2. The molecule has 30 heavy (non-hydrogen) atoms. The van der Waals surface area contributed by atoms with E-state index in [2.05, 4.69) is 26.0 Å². The summed E-state index contributed by atoms with van der Waals surface area (Å²) in [5, 5.41) is 0. The highest BCUT2D eigenvalue weighted by atomic mass is 32.2. The lowest BCUT2D eigenvalue weighted by Gasteiger charge is -2.28. The zero-order valence-electron chi connectivity index (χ0n) is 18.2. The maximum absolute atomic E-state index is 13.1. The fourth-order valence-corrected chi connectivity index (χ4v) is 5.62. The highest BCUT2D eigenvalue weighted by Crippen LogP contribution is 2.23.